The Morgan fingerprint density at radius 1 is 1.30 bits per heavy atom. The third kappa shape index (κ3) is 3.36. The predicted molar refractivity (Wildman–Crippen MR) is 112 cm³/mol. The number of hydrogen-bond acceptors (Lipinski definition) is 7. The molecule has 0 aliphatic heterocycles. The van der Waals surface area contributed by atoms with Crippen molar-refractivity contribution in [1.82, 2.24) is 29.5 Å². The van der Waals surface area contributed by atoms with Gasteiger partial charge in [-0.1, -0.05) is 25.2 Å². The average Bonchev–Trinajstić information content (AvgIpc) is 3.30. The van der Waals surface area contributed by atoms with E-state index in [1.54, 1.807) is 16.9 Å². The first-order valence-corrected chi connectivity index (χ1v) is 10.6. The summed E-state index contributed by atoms with van der Waals surface area (Å²) in [5, 5.41) is 7.97. The van der Waals surface area contributed by atoms with Crippen molar-refractivity contribution >= 4 is 22.9 Å². The smallest absolute Gasteiger partial charge is 0.304 e. The maximum absolute atomic E-state index is 13.8. The van der Waals surface area contributed by atoms with Gasteiger partial charge in [-0.05, 0) is 24.8 Å². The summed E-state index contributed by atoms with van der Waals surface area (Å²) in [6.45, 7) is 4.15. The molecule has 2 N–H and O–H groups in total. The van der Waals surface area contributed by atoms with Crippen molar-refractivity contribution in [2.45, 2.75) is 45.1 Å². The molecule has 1 aliphatic carbocycles. The third-order valence-corrected chi connectivity index (χ3v) is 6.24. The maximum atomic E-state index is 13.8. The molecule has 0 saturated heterocycles. The summed E-state index contributed by atoms with van der Waals surface area (Å²) >= 11 is 1.26. The number of nitrogens with one attached hydrogen (secondary N) is 2. The van der Waals surface area contributed by atoms with Gasteiger partial charge in [0.15, 0.2) is 11.5 Å². The predicted octanol–water partition coefficient (Wildman–Crippen LogP) is 3.17. The fourth-order valence-corrected chi connectivity index (χ4v) is 4.73. The highest BCUT2D eigenvalue weighted by atomic mass is 32.1. The van der Waals surface area contributed by atoms with E-state index in [0.29, 0.717) is 23.0 Å². The second-order valence-electron chi connectivity index (χ2n) is 7.75. The van der Waals surface area contributed by atoms with E-state index >= 15 is 0 Å². The third-order valence-electron chi connectivity index (χ3n) is 5.29. The molecule has 0 bridgehead atoms. The molecule has 4 aromatic rings. The van der Waals surface area contributed by atoms with Gasteiger partial charge in [0.1, 0.15) is 5.82 Å². The zero-order valence-corrected chi connectivity index (χ0v) is 17.3. The van der Waals surface area contributed by atoms with Crippen LogP contribution in [0.4, 0.5) is 10.3 Å². The minimum absolute atomic E-state index is 0.0142. The summed E-state index contributed by atoms with van der Waals surface area (Å²) in [5.74, 6) is 0.716. The minimum Gasteiger partial charge on any atom is -0.351 e. The van der Waals surface area contributed by atoms with Crippen molar-refractivity contribution in [3.05, 3.63) is 56.3 Å². The molecule has 5 rings (SSSR count). The second kappa shape index (κ2) is 7.28. The van der Waals surface area contributed by atoms with Crippen molar-refractivity contribution in [1.29, 1.82) is 0 Å². The van der Waals surface area contributed by atoms with Gasteiger partial charge >= 0.3 is 4.87 Å². The number of H-pyrrole nitrogens is 1. The lowest BCUT2D eigenvalue weighted by Crippen LogP contribution is -2.28. The Balaban J connectivity index is 1.57. The van der Waals surface area contributed by atoms with E-state index in [-0.39, 0.29) is 16.8 Å². The first kappa shape index (κ1) is 18.9. The lowest BCUT2D eigenvalue weighted by molar-refractivity contribution is 0.601. The highest BCUT2D eigenvalue weighted by Crippen LogP contribution is 2.27. The Morgan fingerprint density at radius 3 is 2.97 bits per heavy atom. The Hall–Kier alpha value is -3.14. The highest BCUT2D eigenvalue weighted by Gasteiger charge is 2.24. The van der Waals surface area contributed by atoms with Crippen molar-refractivity contribution in [3.8, 4) is 11.4 Å². The molecule has 0 fully saturated rings. The molecule has 1 atom stereocenters. The molecular weight excluding hydrogens is 405 g/mol. The van der Waals surface area contributed by atoms with Crippen LogP contribution in [0, 0.1) is 5.82 Å². The molecule has 154 valence electrons. The molecule has 10 heteroatoms. The summed E-state index contributed by atoms with van der Waals surface area (Å²) < 4.78 is 15.4. The van der Waals surface area contributed by atoms with Crippen LogP contribution >= 0.6 is 11.3 Å². The lowest BCUT2D eigenvalue weighted by Gasteiger charge is -2.23. The Bertz CT molecular complexity index is 1290. The monoisotopic (exact) mass is 425 g/mol. The first-order valence-electron chi connectivity index (χ1n) is 9.82. The number of aromatic nitrogens is 6. The molecule has 30 heavy (non-hydrogen) atoms. The number of thiazole rings is 1. The van der Waals surface area contributed by atoms with E-state index in [0.717, 1.165) is 41.6 Å². The van der Waals surface area contributed by atoms with Crippen LogP contribution in [0.2, 0.25) is 0 Å². The SMILES string of the molecule is CC(C)c1cnn2c(N[C@H]3CCc4[nH]c(=O)sc4C3)nc(-c3cncc(F)c3)nc12. The Morgan fingerprint density at radius 2 is 2.17 bits per heavy atom. The van der Waals surface area contributed by atoms with Crippen molar-refractivity contribution in [2.75, 3.05) is 5.32 Å². The summed E-state index contributed by atoms with van der Waals surface area (Å²) in [5.41, 5.74) is 3.21. The Labute approximate surface area is 175 Å². The first-order chi connectivity index (χ1) is 14.5. The molecule has 4 heterocycles. The van der Waals surface area contributed by atoms with Crippen molar-refractivity contribution in [3.63, 3.8) is 0 Å². The van der Waals surface area contributed by atoms with Gasteiger partial charge in [0.25, 0.3) is 0 Å². The van der Waals surface area contributed by atoms with Crippen LogP contribution in [0.5, 0.6) is 0 Å². The van der Waals surface area contributed by atoms with Gasteiger partial charge in [0, 0.05) is 40.4 Å². The number of pyridine rings is 1. The van der Waals surface area contributed by atoms with Gasteiger partial charge in [0.05, 0.1) is 12.4 Å². The lowest BCUT2D eigenvalue weighted by atomic mass is 9.98. The summed E-state index contributed by atoms with van der Waals surface area (Å²) in [4.78, 5) is 28.9. The summed E-state index contributed by atoms with van der Waals surface area (Å²) in [6.07, 6.45) is 6.90. The molecule has 0 aromatic carbocycles. The number of nitrogens with zero attached hydrogens (tertiary/aromatic N) is 5. The van der Waals surface area contributed by atoms with Crippen LogP contribution < -0.4 is 10.2 Å². The quantitative estimate of drug-likeness (QED) is 0.521. The number of rotatable bonds is 4. The molecule has 0 amide bonds. The molecule has 0 saturated carbocycles. The molecular formula is C20H20FN7OS. The van der Waals surface area contributed by atoms with Gasteiger partial charge in [-0.25, -0.2) is 9.37 Å². The zero-order valence-electron chi connectivity index (χ0n) is 16.5. The van der Waals surface area contributed by atoms with E-state index < -0.39 is 5.82 Å². The van der Waals surface area contributed by atoms with E-state index in [2.05, 4.69) is 44.2 Å². The number of halogens is 1. The van der Waals surface area contributed by atoms with Gasteiger partial charge in [-0.15, -0.1) is 0 Å². The van der Waals surface area contributed by atoms with E-state index in [1.165, 1.54) is 17.4 Å². The molecule has 8 nitrogen and oxygen atoms in total. The van der Waals surface area contributed by atoms with E-state index in [4.69, 9.17) is 0 Å². The van der Waals surface area contributed by atoms with Gasteiger partial charge in [-0.2, -0.15) is 14.6 Å². The summed E-state index contributed by atoms with van der Waals surface area (Å²) in [7, 11) is 0. The molecule has 1 aliphatic rings. The number of hydrogen-bond donors (Lipinski definition) is 2. The number of fused-ring (bicyclic) bond motifs is 2. The topological polar surface area (TPSA) is 101 Å². The van der Waals surface area contributed by atoms with Crippen molar-refractivity contribution < 1.29 is 4.39 Å². The number of anilines is 1. The largest absolute Gasteiger partial charge is 0.351 e. The standard InChI is InChI=1S/C20H20FN7OS/c1-10(2)14-9-23-28-18(14)26-17(11-5-12(21)8-22-7-11)27-19(28)24-13-3-4-15-16(6-13)30-20(29)25-15/h5,7-10,13H,3-4,6H2,1-2H3,(H,25,29)(H,24,26,27)/t13-/m0/s1. The van der Waals surface area contributed by atoms with Crippen molar-refractivity contribution in [2.24, 2.45) is 0 Å². The van der Waals surface area contributed by atoms with Crippen LogP contribution in [0.3, 0.4) is 0 Å². The van der Waals surface area contributed by atoms with E-state index in [1.807, 2.05) is 0 Å². The van der Waals surface area contributed by atoms with Crippen LogP contribution in [0.15, 0.2) is 29.5 Å². The second-order valence-corrected chi connectivity index (χ2v) is 8.82. The van der Waals surface area contributed by atoms with Gasteiger partial charge < -0.3 is 10.3 Å². The maximum Gasteiger partial charge on any atom is 0.304 e. The minimum atomic E-state index is -0.440. The average molecular weight is 425 g/mol. The normalized spacial score (nSPS) is 16.2. The van der Waals surface area contributed by atoms with E-state index in [9.17, 15) is 9.18 Å². The van der Waals surface area contributed by atoms with Gasteiger partial charge in [-0.3, -0.25) is 9.78 Å². The Kier molecular flexibility index (Phi) is 4.58. The van der Waals surface area contributed by atoms with Crippen LogP contribution in [-0.2, 0) is 12.8 Å². The highest BCUT2D eigenvalue weighted by molar-refractivity contribution is 7.09. The van der Waals surface area contributed by atoms with Crippen LogP contribution in [0.1, 0.15) is 42.3 Å². The summed E-state index contributed by atoms with van der Waals surface area (Å²) in [6, 6.07) is 1.48. The fraction of sp³-hybridized carbons (Fsp3) is 0.350. The fourth-order valence-electron chi connectivity index (χ4n) is 3.77. The number of aryl methyl sites for hydroxylation is 1. The zero-order chi connectivity index (χ0) is 20.8. The van der Waals surface area contributed by atoms with Gasteiger partial charge in [0.2, 0.25) is 5.95 Å². The molecule has 0 spiro atoms. The molecule has 0 radical (unpaired) electrons. The van der Waals surface area contributed by atoms with Crippen LogP contribution in [-0.4, -0.2) is 35.6 Å². The van der Waals surface area contributed by atoms with Crippen LogP contribution in [0.25, 0.3) is 17.0 Å². The molecule has 4 aromatic heterocycles. The molecule has 0 unspecified atom stereocenters. The number of aromatic amines is 1.